The lowest BCUT2D eigenvalue weighted by Crippen LogP contribution is -2.48. The number of carbonyl (C=O) groups is 1. The van der Waals surface area contributed by atoms with Gasteiger partial charge in [-0.3, -0.25) is 14.7 Å². The van der Waals surface area contributed by atoms with Crippen molar-refractivity contribution in [3.05, 3.63) is 77.5 Å². The second kappa shape index (κ2) is 7.89. The van der Waals surface area contributed by atoms with Gasteiger partial charge >= 0.3 is 0 Å². The van der Waals surface area contributed by atoms with Crippen LogP contribution in [0, 0.1) is 6.92 Å². The summed E-state index contributed by atoms with van der Waals surface area (Å²) in [5.74, 6) is 0.198. The van der Waals surface area contributed by atoms with E-state index < -0.39 is 0 Å². The van der Waals surface area contributed by atoms with Crippen molar-refractivity contribution in [1.29, 1.82) is 0 Å². The average molecular weight is 359 g/mol. The molecule has 2 heterocycles. The normalized spacial score (nSPS) is 15.2. The molecule has 1 amide bonds. The molecule has 0 aliphatic carbocycles. The number of fused-ring (bicyclic) bond motifs is 1. The minimum atomic E-state index is 0.198. The van der Waals surface area contributed by atoms with Crippen molar-refractivity contribution < 1.29 is 4.79 Å². The number of para-hydroxylation sites is 1. The molecule has 3 aromatic rings. The molecule has 1 fully saturated rings. The first kappa shape index (κ1) is 17.7. The van der Waals surface area contributed by atoms with E-state index in [0.717, 1.165) is 49.2 Å². The fourth-order valence-corrected chi connectivity index (χ4v) is 3.81. The minimum absolute atomic E-state index is 0.198. The SMILES string of the molecule is Cc1cccc(CN2CCN(C(=O)Cc3cccc4cccnc34)CC2)c1. The molecular formula is C23H25N3O. The number of hydrogen-bond donors (Lipinski definition) is 0. The molecule has 0 unspecified atom stereocenters. The number of aromatic nitrogens is 1. The first-order valence-corrected chi connectivity index (χ1v) is 9.57. The summed E-state index contributed by atoms with van der Waals surface area (Å²) in [7, 11) is 0. The van der Waals surface area contributed by atoms with Crippen LogP contribution in [-0.2, 0) is 17.8 Å². The molecule has 0 saturated carbocycles. The summed E-state index contributed by atoms with van der Waals surface area (Å²) in [6.45, 7) is 6.52. The summed E-state index contributed by atoms with van der Waals surface area (Å²) < 4.78 is 0. The molecule has 1 aliphatic heterocycles. The molecule has 1 saturated heterocycles. The maximum Gasteiger partial charge on any atom is 0.227 e. The van der Waals surface area contributed by atoms with Crippen LogP contribution in [-0.4, -0.2) is 46.9 Å². The van der Waals surface area contributed by atoms with Crippen LogP contribution in [0.1, 0.15) is 16.7 Å². The fraction of sp³-hybridized carbons (Fsp3) is 0.304. The Hall–Kier alpha value is -2.72. The van der Waals surface area contributed by atoms with Gasteiger partial charge in [0.1, 0.15) is 0 Å². The number of aryl methyl sites for hydroxylation is 1. The summed E-state index contributed by atoms with van der Waals surface area (Å²) in [6.07, 6.45) is 2.21. The molecule has 4 heteroatoms. The number of hydrogen-bond acceptors (Lipinski definition) is 3. The van der Waals surface area contributed by atoms with Gasteiger partial charge in [-0.1, -0.05) is 54.1 Å². The van der Waals surface area contributed by atoms with Gasteiger partial charge in [0.05, 0.1) is 11.9 Å². The molecule has 4 rings (SSSR count). The monoisotopic (exact) mass is 359 g/mol. The number of benzene rings is 2. The highest BCUT2D eigenvalue weighted by molar-refractivity contribution is 5.87. The second-order valence-electron chi connectivity index (χ2n) is 7.32. The summed E-state index contributed by atoms with van der Waals surface area (Å²) in [5.41, 5.74) is 4.59. The van der Waals surface area contributed by atoms with E-state index in [-0.39, 0.29) is 5.91 Å². The van der Waals surface area contributed by atoms with Crippen LogP contribution in [0.4, 0.5) is 0 Å². The van der Waals surface area contributed by atoms with Crippen LogP contribution in [0.5, 0.6) is 0 Å². The number of nitrogens with zero attached hydrogens (tertiary/aromatic N) is 3. The lowest BCUT2D eigenvalue weighted by molar-refractivity contribution is -0.132. The van der Waals surface area contributed by atoms with E-state index in [4.69, 9.17) is 0 Å². The predicted octanol–water partition coefficient (Wildman–Crippen LogP) is 3.43. The molecule has 0 N–H and O–H groups in total. The molecule has 4 nitrogen and oxygen atoms in total. The van der Waals surface area contributed by atoms with Crippen molar-refractivity contribution >= 4 is 16.8 Å². The Morgan fingerprint density at radius 2 is 1.78 bits per heavy atom. The van der Waals surface area contributed by atoms with Gasteiger partial charge in [0, 0.05) is 44.3 Å². The Kier molecular flexibility index (Phi) is 5.16. The van der Waals surface area contributed by atoms with Crippen LogP contribution in [0.15, 0.2) is 60.8 Å². The highest BCUT2D eigenvalue weighted by Crippen LogP contribution is 2.18. The van der Waals surface area contributed by atoms with Gasteiger partial charge in [-0.25, -0.2) is 0 Å². The Balaban J connectivity index is 1.36. The highest BCUT2D eigenvalue weighted by Gasteiger charge is 2.21. The summed E-state index contributed by atoms with van der Waals surface area (Å²) in [5, 5.41) is 1.09. The van der Waals surface area contributed by atoms with Crippen LogP contribution in [0.2, 0.25) is 0 Å². The maximum atomic E-state index is 12.8. The third-order valence-corrected chi connectivity index (χ3v) is 5.27. The third-order valence-electron chi connectivity index (χ3n) is 5.27. The molecule has 138 valence electrons. The predicted molar refractivity (Wildman–Crippen MR) is 108 cm³/mol. The zero-order valence-corrected chi connectivity index (χ0v) is 15.8. The smallest absolute Gasteiger partial charge is 0.227 e. The highest BCUT2D eigenvalue weighted by atomic mass is 16.2. The topological polar surface area (TPSA) is 36.4 Å². The Morgan fingerprint density at radius 3 is 2.59 bits per heavy atom. The lowest BCUT2D eigenvalue weighted by atomic mass is 10.1. The fourth-order valence-electron chi connectivity index (χ4n) is 3.81. The van der Waals surface area contributed by atoms with Gasteiger partial charge < -0.3 is 4.90 Å². The number of pyridine rings is 1. The van der Waals surface area contributed by atoms with E-state index in [1.807, 2.05) is 35.2 Å². The summed E-state index contributed by atoms with van der Waals surface area (Å²) in [6, 6.07) is 18.7. The first-order chi connectivity index (χ1) is 13.2. The van der Waals surface area contributed by atoms with Crippen molar-refractivity contribution in [2.24, 2.45) is 0 Å². The Morgan fingerprint density at radius 1 is 1.00 bits per heavy atom. The Labute approximate surface area is 160 Å². The van der Waals surface area contributed by atoms with E-state index in [0.29, 0.717) is 6.42 Å². The summed E-state index contributed by atoms with van der Waals surface area (Å²) >= 11 is 0. The molecule has 1 aliphatic rings. The zero-order valence-electron chi connectivity index (χ0n) is 15.8. The molecule has 27 heavy (non-hydrogen) atoms. The van der Waals surface area contributed by atoms with Crippen molar-refractivity contribution in [2.75, 3.05) is 26.2 Å². The molecule has 2 aromatic carbocycles. The van der Waals surface area contributed by atoms with Crippen LogP contribution < -0.4 is 0 Å². The van der Waals surface area contributed by atoms with Crippen LogP contribution in [0.3, 0.4) is 0 Å². The Bertz CT molecular complexity index is 940. The molecule has 0 bridgehead atoms. The van der Waals surface area contributed by atoms with E-state index in [9.17, 15) is 4.79 Å². The van der Waals surface area contributed by atoms with Gasteiger partial charge in [0.25, 0.3) is 0 Å². The van der Waals surface area contributed by atoms with Gasteiger partial charge in [0.2, 0.25) is 5.91 Å². The van der Waals surface area contributed by atoms with E-state index in [2.05, 4.69) is 41.1 Å². The van der Waals surface area contributed by atoms with E-state index in [1.54, 1.807) is 6.20 Å². The van der Waals surface area contributed by atoms with E-state index >= 15 is 0 Å². The van der Waals surface area contributed by atoms with Gasteiger partial charge in [-0.2, -0.15) is 0 Å². The molecule has 0 radical (unpaired) electrons. The quantitative estimate of drug-likeness (QED) is 0.716. The van der Waals surface area contributed by atoms with E-state index in [1.165, 1.54) is 11.1 Å². The number of rotatable bonds is 4. The molecule has 0 atom stereocenters. The largest absolute Gasteiger partial charge is 0.340 e. The number of piperazine rings is 1. The number of amides is 1. The van der Waals surface area contributed by atoms with Crippen molar-refractivity contribution in [3.8, 4) is 0 Å². The first-order valence-electron chi connectivity index (χ1n) is 9.57. The van der Waals surface area contributed by atoms with Crippen molar-refractivity contribution in [1.82, 2.24) is 14.8 Å². The van der Waals surface area contributed by atoms with Crippen molar-refractivity contribution in [2.45, 2.75) is 19.9 Å². The summed E-state index contributed by atoms with van der Waals surface area (Å²) in [4.78, 5) is 21.7. The zero-order chi connectivity index (χ0) is 18.6. The molecule has 0 spiro atoms. The van der Waals surface area contributed by atoms with Gasteiger partial charge in [-0.15, -0.1) is 0 Å². The maximum absolute atomic E-state index is 12.8. The third kappa shape index (κ3) is 4.17. The van der Waals surface area contributed by atoms with Gasteiger partial charge in [-0.05, 0) is 24.1 Å². The lowest BCUT2D eigenvalue weighted by Gasteiger charge is -2.35. The molecular weight excluding hydrogens is 334 g/mol. The van der Waals surface area contributed by atoms with Gasteiger partial charge in [0.15, 0.2) is 0 Å². The molecule has 1 aromatic heterocycles. The average Bonchev–Trinajstić information content (AvgIpc) is 2.69. The van der Waals surface area contributed by atoms with Crippen LogP contribution in [0.25, 0.3) is 10.9 Å². The second-order valence-corrected chi connectivity index (χ2v) is 7.32. The standard InChI is InChI=1S/C23H25N3O/c1-18-5-2-6-19(15-18)17-25-11-13-26(14-12-25)22(27)16-21-8-3-7-20-9-4-10-24-23(20)21/h2-10,15H,11-14,16-17H2,1H3. The number of carbonyl (C=O) groups excluding carboxylic acids is 1. The van der Waals surface area contributed by atoms with Crippen molar-refractivity contribution in [3.63, 3.8) is 0 Å². The minimum Gasteiger partial charge on any atom is -0.340 e. The van der Waals surface area contributed by atoms with Crippen LogP contribution >= 0.6 is 0 Å².